The molecule has 0 heterocycles. The van der Waals surface area contributed by atoms with Crippen LogP contribution >= 0.6 is 0 Å². The molecular formula is C12H12O2. The van der Waals surface area contributed by atoms with Crippen molar-refractivity contribution in [3.8, 4) is 0 Å². The van der Waals surface area contributed by atoms with Gasteiger partial charge in [-0.2, -0.15) is 0 Å². The van der Waals surface area contributed by atoms with Gasteiger partial charge >= 0.3 is 0 Å². The molecule has 0 aliphatic heterocycles. The van der Waals surface area contributed by atoms with Crippen LogP contribution in [-0.2, 0) is 0 Å². The Balaban J connectivity index is 2.36. The molecule has 72 valence electrons. The van der Waals surface area contributed by atoms with Gasteiger partial charge in [0, 0.05) is 0 Å². The highest BCUT2D eigenvalue weighted by atomic mass is 16.5. The van der Waals surface area contributed by atoms with Crippen LogP contribution in [0.25, 0.3) is 0 Å². The van der Waals surface area contributed by atoms with Crippen LogP contribution in [0.2, 0.25) is 0 Å². The van der Waals surface area contributed by atoms with Crippen LogP contribution in [0.1, 0.15) is 11.5 Å². The van der Waals surface area contributed by atoms with Crippen molar-refractivity contribution in [1.82, 2.24) is 0 Å². The van der Waals surface area contributed by atoms with Crippen LogP contribution in [0.5, 0.6) is 0 Å². The van der Waals surface area contributed by atoms with Crippen LogP contribution in [0.4, 0.5) is 0 Å². The summed E-state index contributed by atoms with van der Waals surface area (Å²) in [5.74, 6) is -2.15. The first-order chi connectivity index (χ1) is 6.70. The predicted octanol–water partition coefficient (Wildman–Crippen LogP) is 1.58. The molecule has 2 heteroatoms. The number of aliphatic hydroxyl groups is 2. The summed E-state index contributed by atoms with van der Waals surface area (Å²) in [7, 11) is 0. The molecule has 2 N–H and O–H groups in total. The van der Waals surface area contributed by atoms with Gasteiger partial charge in [0.25, 0.3) is 0 Å². The molecule has 1 unspecified atom stereocenters. The van der Waals surface area contributed by atoms with E-state index in [0.29, 0.717) is 0 Å². The first kappa shape index (κ1) is 9.19. The van der Waals surface area contributed by atoms with Crippen molar-refractivity contribution in [3.63, 3.8) is 0 Å². The highest BCUT2D eigenvalue weighted by Crippen LogP contribution is 2.31. The fourth-order valence-electron chi connectivity index (χ4n) is 1.63. The van der Waals surface area contributed by atoms with Gasteiger partial charge in [0.15, 0.2) is 5.79 Å². The Morgan fingerprint density at radius 3 is 2.36 bits per heavy atom. The van der Waals surface area contributed by atoms with E-state index in [0.717, 1.165) is 5.56 Å². The number of rotatable bonds is 1. The van der Waals surface area contributed by atoms with Crippen molar-refractivity contribution in [2.45, 2.75) is 11.7 Å². The molecule has 1 aromatic carbocycles. The van der Waals surface area contributed by atoms with Crippen molar-refractivity contribution in [3.05, 3.63) is 60.2 Å². The molecule has 1 aliphatic carbocycles. The fourth-order valence-corrected chi connectivity index (χ4v) is 1.63. The van der Waals surface area contributed by atoms with Gasteiger partial charge in [-0.1, -0.05) is 48.6 Å². The number of hydrogen-bond acceptors (Lipinski definition) is 2. The van der Waals surface area contributed by atoms with E-state index in [1.807, 2.05) is 36.4 Å². The predicted molar refractivity (Wildman–Crippen MR) is 54.6 cm³/mol. The summed E-state index contributed by atoms with van der Waals surface area (Å²) in [6.07, 6.45) is 6.64. The van der Waals surface area contributed by atoms with Gasteiger partial charge in [0.05, 0.1) is 5.92 Å². The lowest BCUT2D eigenvalue weighted by atomic mass is 9.87. The molecule has 2 nitrogen and oxygen atoms in total. The van der Waals surface area contributed by atoms with E-state index in [2.05, 4.69) is 0 Å². The maximum absolute atomic E-state index is 9.71. The molecule has 0 spiro atoms. The summed E-state index contributed by atoms with van der Waals surface area (Å²) in [6.45, 7) is 0. The van der Waals surface area contributed by atoms with E-state index >= 15 is 0 Å². The SMILES string of the molecule is OC1(O)C=CC=CC1c1ccccc1. The minimum Gasteiger partial charge on any atom is -0.362 e. The van der Waals surface area contributed by atoms with Gasteiger partial charge in [-0.25, -0.2) is 0 Å². The van der Waals surface area contributed by atoms with Gasteiger partial charge in [-0.05, 0) is 11.6 Å². The Labute approximate surface area is 82.8 Å². The molecule has 0 amide bonds. The van der Waals surface area contributed by atoms with E-state index in [4.69, 9.17) is 0 Å². The van der Waals surface area contributed by atoms with E-state index < -0.39 is 5.79 Å². The monoisotopic (exact) mass is 188 g/mol. The van der Waals surface area contributed by atoms with Crippen molar-refractivity contribution in [2.24, 2.45) is 0 Å². The fraction of sp³-hybridized carbons (Fsp3) is 0.167. The molecule has 0 radical (unpaired) electrons. The first-order valence-electron chi connectivity index (χ1n) is 4.56. The lowest BCUT2D eigenvalue weighted by Crippen LogP contribution is -2.33. The Morgan fingerprint density at radius 1 is 1.00 bits per heavy atom. The third-order valence-electron chi connectivity index (χ3n) is 2.37. The van der Waals surface area contributed by atoms with Crippen LogP contribution < -0.4 is 0 Å². The summed E-state index contributed by atoms with van der Waals surface area (Å²) in [4.78, 5) is 0. The van der Waals surface area contributed by atoms with Crippen LogP contribution in [0.3, 0.4) is 0 Å². The number of hydrogen-bond donors (Lipinski definition) is 2. The number of benzene rings is 1. The van der Waals surface area contributed by atoms with Crippen molar-refractivity contribution < 1.29 is 10.2 Å². The summed E-state index contributed by atoms with van der Waals surface area (Å²) in [5.41, 5.74) is 0.901. The van der Waals surface area contributed by atoms with Crippen molar-refractivity contribution >= 4 is 0 Å². The second-order valence-electron chi connectivity index (χ2n) is 3.42. The normalized spacial score (nSPS) is 23.7. The molecule has 1 aliphatic rings. The van der Waals surface area contributed by atoms with Crippen LogP contribution in [0, 0.1) is 0 Å². The zero-order valence-electron chi connectivity index (χ0n) is 7.67. The minimum atomic E-state index is -1.77. The van der Waals surface area contributed by atoms with Gasteiger partial charge in [0.2, 0.25) is 0 Å². The smallest absolute Gasteiger partial charge is 0.193 e. The lowest BCUT2D eigenvalue weighted by molar-refractivity contribution is -0.128. The molecule has 14 heavy (non-hydrogen) atoms. The molecule has 0 fully saturated rings. The summed E-state index contributed by atoms with van der Waals surface area (Å²) >= 11 is 0. The van der Waals surface area contributed by atoms with Crippen molar-refractivity contribution in [1.29, 1.82) is 0 Å². The summed E-state index contributed by atoms with van der Waals surface area (Å²) in [5, 5.41) is 19.4. The van der Waals surface area contributed by atoms with Gasteiger partial charge in [-0.3, -0.25) is 0 Å². The van der Waals surface area contributed by atoms with Gasteiger partial charge < -0.3 is 10.2 Å². The summed E-state index contributed by atoms with van der Waals surface area (Å²) in [6, 6.07) is 9.45. The second kappa shape index (κ2) is 3.40. The average Bonchev–Trinajstić information content (AvgIpc) is 2.18. The van der Waals surface area contributed by atoms with Gasteiger partial charge in [0.1, 0.15) is 0 Å². The van der Waals surface area contributed by atoms with E-state index in [9.17, 15) is 10.2 Å². The standard InChI is InChI=1S/C12H12O2/c13-12(14)9-5-4-8-11(12)10-6-2-1-3-7-10/h1-9,11,13-14H. The van der Waals surface area contributed by atoms with Crippen LogP contribution in [0.15, 0.2) is 54.6 Å². The Bertz CT molecular complexity index is 363. The maximum Gasteiger partial charge on any atom is 0.193 e. The van der Waals surface area contributed by atoms with Crippen LogP contribution in [-0.4, -0.2) is 16.0 Å². The highest BCUT2D eigenvalue weighted by molar-refractivity contribution is 5.33. The third kappa shape index (κ3) is 1.62. The Hall–Kier alpha value is -1.38. The Kier molecular flexibility index (Phi) is 2.23. The number of allylic oxidation sites excluding steroid dienone is 2. The average molecular weight is 188 g/mol. The minimum absolute atomic E-state index is 0.381. The molecule has 0 saturated heterocycles. The molecule has 0 saturated carbocycles. The van der Waals surface area contributed by atoms with Crippen molar-refractivity contribution in [2.75, 3.05) is 0 Å². The largest absolute Gasteiger partial charge is 0.362 e. The maximum atomic E-state index is 9.71. The molecule has 1 atom stereocenters. The molecule has 0 aromatic heterocycles. The summed E-state index contributed by atoms with van der Waals surface area (Å²) < 4.78 is 0. The first-order valence-corrected chi connectivity index (χ1v) is 4.56. The molecule has 1 aromatic rings. The quantitative estimate of drug-likeness (QED) is 0.657. The topological polar surface area (TPSA) is 40.5 Å². The second-order valence-corrected chi connectivity index (χ2v) is 3.42. The molecular weight excluding hydrogens is 176 g/mol. The van der Waals surface area contributed by atoms with Gasteiger partial charge in [-0.15, -0.1) is 0 Å². The van der Waals surface area contributed by atoms with E-state index in [1.54, 1.807) is 12.2 Å². The third-order valence-corrected chi connectivity index (χ3v) is 2.37. The molecule has 0 bridgehead atoms. The van der Waals surface area contributed by atoms with E-state index in [1.165, 1.54) is 6.08 Å². The highest BCUT2D eigenvalue weighted by Gasteiger charge is 2.32. The molecule has 2 rings (SSSR count). The lowest BCUT2D eigenvalue weighted by Gasteiger charge is -2.28. The zero-order chi connectivity index (χ0) is 10.0. The zero-order valence-corrected chi connectivity index (χ0v) is 7.67. The Morgan fingerprint density at radius 2 is 1.71 bits per heavy atom. The van der Waals surface area contributed by atoms with E-state index in [-0.39, 0.29) is 5.92 Å².